The Balaban J connectivity index is 1.56. The molecule has 2 aliphatic rings. The Morgan fingerprint density at radius 2 is 2.10 bits per heavy atom. The molecule has 0 aromatic heterocycles. The smallest absolute Gasteiger partial charge is 0.251 e. The molecule has 1 aliphatic heterocycles. The lowest BCUT2D eigenvalue weighted by atomic mass is 9.91. The lowest BCUT2D eigenvalue weighted by Crippen LogP contribution is -2.39. The third kappa shape index (κ3) is 3.27. The van der Waals surface area contributed by atoms with Gasteiger partial charge in [-0.2, -0.15) is 0 Å². The maximum Gasteiger partial charge on any atom is 0.251 e. The minimum Gasteiger partial charge on any atom is -0.390 e. The molecule has 0 radical (unpaired) electrons. The van der Waals surface area contributed by atoms with Gasteiger partial charge in [0.2, 0.25) is 0 Å². The van der Waals surface area contributed by atoms with Crippen LogP contribution in [0, 0.1) is 0 Å². The number of aryl methyl sites for hydroxylation is 1. The van der Waals surface area contributed by atoms with Gasteiger partial charge in [-0.3, -0.25) is 4.79 Å². The van der Waals surface area contributed by atoms with E-state index in [1.165, 1.54) is 11.1 Å². The summed E-state index contributed by atoms with van der Waals surface area (Å²) in [5.74, 6) is -0.00981. The van der Waals surface area contributed by atoms with Crippen molar-refractivity contribution in [1.29, 1.82) is 0 Å². The molecule has 0 saturated carbocycles. The Morgan fingerprint density at radius 1 is 1.29 bits per heavy atom. The fraction of sp³-hybridized carbons (Fsp3) is 0.588. The predicted octanol–water partition coefficient (Wildman–Crippen LogP) is 1.84. The van der Waals surface area contributed by atoms with Crippen molar-refractivity contribution in [1.82, 2.24) is 5.32 Å². The van der Waals surface area contributed by atoms with Crippen molar-refractivity contribution in [3.8, 4) is 0 Å². The second-order valence-electron chi connectivity index (χ2n) is 6.14. The average Bonchev–Trinajstić information content (AvgIpc) is 2.96. The van der Waals surface area contributed by atoms with Gasteiger partial charge in [-0.05, 0) is 55.7 Å². The van der Waals surface area contributed by atoms with Crippen LogP contribution in [0.2, 0.25) is 0 Å². The van der Waals surface area contributed by atoms with Crippen molar-refractivity contribution in [2.45, 2.75) is 44.1 Å². The quantitative estimate of drug-likeness (QED) is 0.889. The number of nitrogens with one attached hydrogen (secondary N) is 1. The van der Waals surface area contributed by atoms with Crippen LogP contribution >= 0.6 is 0 Å². The van der Waals surface area contributed by atoms with E-state index in [-0.39, 0.29) is 5.91 Å². The zero-order valence-electron chi connectivity index (χ0n) is 12.4. The number of fused-ring (bicyclic) bond motifs is 1. The molecule has 4 nitrogen and oxygen atoms in total. The van der Waals surface area contributed by atoms with Crippen LogP contribution in [0.5, 0.6) is 0 Å². The number of aliphatic hydroxyl groups is 1. The van der Waals surface area contributed by atoms with Gasteiger partial charge in [0.25, 0.3) is 5.91 Å². The summed E-state index contributed by atoms with van der Waals surface area (Å²) in [5, 5.41) is 13.3. The average molecular weight is 289 g/mol. The van der Waals surface area contributed by atoms with Gasteiger partial charge < -0.3 is 15.2 Å². The standard InChI is InChI=1S/C17H23NO3/c19-16(15-6-2-4-13-3-1-5-14(13)15)18-10-7-17(20)8-11-21-12-9-17/h2,4,6,20H,1,3,5,7-12H2,(H,18,19). The van der Waals surface area contributed by atoms with Crippen LogP contribution in [0.3, 0.4) is 0 Å². The van der Waals surface area contributed by atoms with Gasteiger partial charge in [0.05, 0.1) is 5.60 Å². The molecule has 21 heavy (non-hydrogen) atoms. The van der Waals surface area contributed by atoms with Crippen LogP contribution in [0.4, 0.5) is 0 Å². The number of ether oxygens (including phenoxy) is 1. The number of carbonyl (C=O) groups is 1. The van der Waals surface area contributed by atoms with Gasteiger partial charge in [-0.25, -0.2) is 0 Å². The van der Waals surface area contributed by atoms with Crippen molar-refractivity contribution in [2.75, 3.05) is 19.8 Å². The van der Waals surface area contributed by atoms with E-state index in [2.05, 4.69) is 11.4 Å². The highest BCUT2D eigenvalue weighted by Gasteiger charge is 2.29. The van der Waals surface area contributed by atoms with Crippen LogP contribution in [-0.2, 0) is 17.6 Å². The number of rotatable bonds is 4. The normalized spacial score (nSPS) is 20.0. The Labute approximate surface area is 125 Å². The molecule has 1 aromatic carbocycles. The topological polar surface area (TPSA) is 58.6 Å². The summed E-state index contributed by atoms with van der Waals surface area (Å²) in [7, 11) is 0. The lowest BCUT2D eigenvalue weighted by Gasteiger charge is -2.32. The van der Waals surface area contributed by atoms with Crippen molar-refractivity contribution in [3.05, 3.63) is 34.9 Å². The van der Waals surface area contributed by atoms with Gasteiger partial charge in [0.15, 0.2) is 0 Å². The van der Waals surface area contributed by atoms with E-state index in [9.17, 15) is 9.90 Å². The zero-order chi connectivity index (χ0) is 14.7. The molecular formula is C17H23NO3. The van der Waals surface area contributed by atoms with Crippen LogP contribution in [0.25, 0.3) is 0 Å². The molecule has 4 heteroatoms. The van der Waals surface area contributed by atoms with E-state index in [0.29, 0.717) is 39.0 Å². The monoisotopic (exact) mass is 289 g/mol. The van der Waals surface area contributed by atoms with Gasteiger partial charge in [-0.15, -0.1) is 0 Å². The molecular weight excluding hydrogens is 266 g/mol. The third-order valence-electron chi connectivity index (χ3n) is 4.69. The first-order valence-corrected chi connectivity index (χ1v) is 7.87. The van der Waals surface area contributed by atoms with Gasteiger partial charge in [0.1, 0.15) is 0 Å². The minimum absolute atomic E-state index is 0.00981. The molecule has 3 rings (SSSR count). The van der Waals surface area contributed by atoms with Crippen molar-refractivity contribution in [2.24, 2.45) is 0 Å². The van der Waals surface area contributed by atoms with Gasteiger partial charge in [0, 0.05) is 25.3 Å². The number of carbonyl (C=O) groups excluding carboxylic acids is 1. The molecule has 1 aromatic rings. The molecule has 1 aliphatic carbocycles. The highest BCUT2D eigenvalue weighted by Crippen LogP contribution is 2.26. The number of hydrogen-bond donors (Lipinski definition) is 2. The molecule has 0 unspecified atom stereocenters. The third-order valence-corrected chi connectivity index (χ3v) is 4.69. The van der Waals surface area contributed by atoms with Crippen molar-refractivity contribution < 1.29 is 14.6 Å². The highest BCUT2D eigenvalue weighted by molar-refractivity contribution is 5.96. The van der Waals surface area contributed by atoms with E-state index in [4.69, 9.17) is 4.74 Å². The number of amides is 1. The van der Waals surface area contributed by atoms with Gasteiger partial charge >= 0.3 is 0 Å². The van der Waals surface area contributed by atoms with Crippen molar-refractivity contribution in [3.63, 3.8) is 0 Å². The van der Waals surface area contributed by atoms with Crippen LogP contribution in [-0.4, -0.2) is 36.4 Å². The van der Waals surface area contributed by atoms with Crippen LogP contribution in [0.15, 0.2) is 18.2 Å². The Hall–Kier alpha value is -1.39. The fourth-order valence-corrected chi connectivity index (χ4v) is 3.34. The summed E-state index contributed by atoms with van der Waals surface area (Å²) >= 11 is 0. The van der Waals surface area contributed by atoms with E-state index in [1.54, 1.807) is 0 Å². The molecule has 1 heterocycles. The number of hydrogen-bond acceptors (Lipinski definition) is 3. The molecule has 1 saturated heterocycles. The summed E-state index contributed by atoms with van der Waals surface area (Å²) in [6, 6.07) is 5.98. The fourth-order valence-electron chi connectivity index (χ4n) is 3.34. The Kier molecular flexibility index (Phi) is 4.27. The molecule has 0 bridgehead atoms. The van der Waals surface area contributed by atoms with E-state index in [1.807, 2.05) is 12.1 Å². The van der Waals surface area contributed by atoms with Gasteiger partial charge in [-0.1, -0.05) is 12.1 Å². The zero-order valence-corrected chi connectivity index (χ0v) is 12.4. The maximum atomic E-state index is 12.3. The maximum absolute atomic E-state index is 12.3. The molecule has 2 N–H and O–H groups in total. The Bertz CT molecular complexity index is 521. The molecule has 1 fully saturated rings. The van der Waals surface area contributed by atoms with E-state index in [0.717, 1.165) is 24.8 Å². The molecule has 0 spiro atoms. The lowest BCUT2D eigenvalue weighted by molar-refractivity contribution is -0.0670. The molecule has 114 valence electrons. The van der Waals surface area contributed by atoms with E-state index >= 15 is 0 Å². The first-order chi connectivity index (χ1) is 10.2. The molecule has 0 atom stereocenters. The second-order valence-corrected chi connectivity index (χ2v) is 6.14. The largest absolute Gasteiger partial charge is 0.390 e. The first kappa shape index (κ1) is 14.5. The summed E-state index contributed by atoms with van der Waals surface area (Å²) in [6.07, 6.45) is 5.13. The van der Waals surface area contributed by atoms with Crippen molar-refractivity contribution >= 4 is 5.91 Å². The highest BCUT2D eigenvalue weighted by atomic mass is 16.5. The predicted molar refractivity (Wildman–Crippen MR) is 80.4 cm³/mol. The minimum atomic E-state index is -0.676. The summed E-state index contributed by atoms with van der Waals surface area (Å²) in [6.45, 7) is 1.73. The second kappa shape index (κ2) is 6.16. The van der Waals surface area contributed by atoms with E-state index < -0.39 is 5.60 Å². The van der Waals surface area contributed by atoms with Crippen LogP contribution in [0.1, 0.15) is 47.2 Å². The number of benzene rings is 1. The Morgan fingerprint density at radius 3 is 2.90 bits per heavy atom. The van der Waals surface area contributed by atoms with Crippen LogP contribution < -0.4 is 5.32 Å². The molecule has 1 amide bonds. The summed E-state index contributed by atoms with van der Waals surface area (Å²) < 4.78 is 5.26. The summed E-state index contributed by atoms with van der Waals surface area (Å²) in [4.78, 5) is 12.3. The SMILES string of the molecule is O=C(NCCC1(O)CCOCC1)c1cccc2c1CCC2. The first-order valence-electron chi connectivity index (χ1n) is 7.87. The summed E-state index contributed by atoms with van der Waals surface area (Å²) in [5.41, 5.74) is 2.65.